The zero-order valence-electron chi connectivity index (χ0n) is 9.80. The maximum Gasteiger partial charge on any atom is 0.254 e. The van der Waals surface area contributed by atoms with E-state index in [9.17, 15) is 4.79 Å². The van der Waals surface area contributed by atoms with Gasteiger partial charge in [-0.2, -0.15) is 5.26 Å². The van der Waals surface area contributed by atoms with Crippen LogP contribution in [0.2, 0.25) is 0 Å². The molecular formula is C11H17N3O3. The second-order valence-electron chi connectivity index (χ2n) is 4.19. The third-order valence-electron chi connectivity index (χ3n) is 3.07. The first-order valence-electron chi connectivity index (χ1n) is 5.88. The minimum absolute atomic E-state index is 0.0151. The molecule has 0 spiro atoms. The van der Waals surface area contributed by atoms with Crippen molar-refractivity contribution in [3.05, 3.63) is 0 Å². The summed E-state index contributed by atoms with van der Waals surface area (Å²) in [6.07, 6.45) is -0.439. The summed E-state index contributed by atoms with van der Waals surface area (Å²) in [5.74, 6) is 0.0151. The van der Waals surface area contributed by atoms with Crippen LogP contribution in [0.4, 0.5) is 0 Å². The average molecular weight is 239 g/mol. The summed E-state index contributed by atoms with van der Waals surface area (Å²) in [6, 6.07) is 2.12. The molecule has 0 saturated carbocycles. The third-order valence-corrected chi connectivity index (χ3v) is 3.07. The zero-order chi connectivity index (χ0) is 12.1. The molecule has 0 aromatic carbocycles. The van der Waals surface area contributed by atoms with Crippen LogP contribution in [0.3, 0.4) is 0 Å². The second kappa shape index (κ2) is 5.96. The molecule has 17 heavy (non-hydrogen) atoms. The molecule has 2 aliphatic rings. The van der Waals surface area contributed by atoms with Gasteiger partial charge in [0.2, 0.25) is 0 Å². The summed E-state index contributed by atoms with van der Waals surface area (Å²) < 4.78 is 10.6. The Morgan fingerprint density at radius 1 is 1.29 bits per heavy atom. The molecule has 0 aromatic rings. The van der Waals surface area contributed by atoms with Crippen LogP contribution in [-0.4, -0.2) is 74.4 Å². The molecule has 6 heteroatoms. The van der Waals surface area contributed by atoms with E-state index in [-0.39, 0.29) is 5.91 Å². The van der Waals surface area contributed by atoms with Crippen molar-refractivity contribution in [2.24, 2.45) is 0 Å². The van der Waals surface area contributed by atoms with Gasteiger partial charge in [0.05, 0.1) is 32.4 Å². The fourth-order valence-corrected chi connectivity index (χ4v) is 2.06. The van der Waals surface area contributed by atoms with Crippen molar-refractivity contribution in [3.63, 3.8) is 0 Å². The largest absolute Gasteiger partial charge is 0.376 e. The first-order chi connectivity index (χ1) is 8.31. The lowest BCUT2D eigenvalue weighted by atomic mass is 10.2. The van der Waals surface area contributed by atoms with E-state index < -0.39 is 6.10 Å². The fourth-order valence-electron chi connectivity index (χ4n) is 2.06. The summed E-state index contributed by atoms with van der Waals surface area (Å²) in [6.45, 7) is 4.70. The summed E-state index contributed by atoms with van der Waals surface area (Å²) in [4.78, 5) is 15.9. The van der Waals surface area contributed by atoms with Gasteiger partial charge in [0.25, 0.3) is 5.91 Å². The van der Waals surface area contributed by atoms with Gasteiger partial charge < -0.3 is 14.4 Å². The maximum atomic E-state index is 12.1. The number of hydrogen-bond acceptors (Lipinski definition) is 5. The van der Waals surface area contributed by atoms with Crippen LogP contribution >= 0.6 is 0 Å². The van der Waals surface area contributed by atoms with E-state index in [0.29, 0.717) is 39.5 Å². The number of carbonyl (C=O) groups is 1. The number of amides is 1. The Morgan fingerprint density at radius 3 is 2.65 bits per heavy atom. The molecule has 2 fully saturated rings. The van der Waals surface area contributed by atoms with E-state index in [4.69, 9.17) is 14.7 Å². The smallest absolute Gasteiger partial charge is 0.254 e. The highest BCUT2D eigenvalue weighted by molar-refractivity contribution is 5.81. The summed E-state index contributed by atoms with van der Waals surface area (Å²) in [5, 5.41) is 8.59. The van der Waals surface area contributed by atoms with E-state index in [2.05, 4.69) is 6.07 Å². The van der Waals surface area contributed by atoms with Crippen LogP contribution in [0.15, 0.2) is 0 Å². The minimum Gasteiger partial charge on any atom is -0.376 e. The van der Waals surface area contributed by atoms with Crippen LogP contribution < -0.4 is 0 Å². The number of ether oxygens (including phenoxy) is 2. The molecule has 1 amide bonds. The first kappa shape index (κ1) is 12.3. The summed E-state index contributed by atoms with van der Waals surface area (Å²) >= 11 is 0. The van der Waals surface area contributed by atoms with Gasteiger partial charge >= 0.3 is 0 Å². The van der Waals surface area contributed by atoms with Crippen molar-refractivity contribution in [3.8, 4) is 6.07 Å². The fraction of sp³-hybridized carbons (Fsp3) is 0.818. The van der Waals surface area contributed by atoms with Crippen LogP contribution in [0.25, 0.3) is 0 Å². The lowest BCUT2D eigenvalue weighted by Gasteiger charge is -2.35. The molecule has 2 saturated heterocycles. The number of piperazine rings is 1. The number of rotatable bonds is 2. The van der Waals surface area contributed by atoms with Gasteiger partial charge in [0.15, 0.2) is 6.10 Å². The zero-order valence-corrected chi connectivity index (χ0v) is 9.80. The number of nitriles is 1. The van der Waals surface area contributed by atoms with Gasteiger partial charge in [-0.05, 0) is 0 Å². The van der Waals surface area contributed by atoms with Gasteiger partial charge in [-0.15, -0.1) is 0 Å². The van der Waals surface area contributed by atoms with Gasteiger partial charge in [-0.1, -0.05) is 0 Å². The summed E-state index contributed by atoms with van der Waals surface area (Å²) in [7, 11) is 0. The molecule has 2 aliphatic heterocycles. The van der Waals surface area contributed by atoms with Crippen LogP contribution in [0, 0.1) is 11.3 Å². The van der Waals surface area contributed by atoms with Crippen molar-refractivity contribution >= 4 is 5.91 Å². The Bertz CT molecular complexity index is 302. The van der Waals surface area contributed by atoms with Gasteiger partial charge in [0, 0.05) is 26.2 Å². The predicted octanol–water partition coefficient (Wildman–Crippen LogP) is -0.930. The van der Waals surface area contributed by atoms with Crippen LogP contribution in [-0.2, 0) is 14.3 Å². The summed E-state index contributed by atoms with van der Waals surface area (Å²) in [5.41, 5.74) is 0. The van der Waals surface area contributed by atoms with Crippen molar-refractivity contribution in [1.29, 1.82) is 5.26 Å². The standard InChI is InChI=1S/C11H17N3O3/c12-1-2-13-3-5-14(6-4-13)11(15)10-9-16-7-8-17-10/h10H,2-9H2. The molecule has 1 atom stereocenters. The van der Waals surface area contributed by atoms with Gasteiger partial charge in [0.1, 0.15) is 0 Å². The number of nitrogens with zero attached hydrogens (tertiary/aromatic N) is 3. The van der Waals surface area contributed by atoms with Crippen LogP contribution in [0.1, 0.15) is 0 Å². The molecule has 2 heterocycles. The van der Waals surface area contributed by atoms with Crippen LogP contribution in [0.5, 0.6) is 0 Å². The van der Waals surface area contributed by atoms with Crippen molar-refractivity contribution in [2.45, 2.75) is 6.10 Å². The lowest BCUT2D eigenvalue weighted by molar-refractivity contribution is -0.159. The molecule has 6 nitrogen and oxygen atoms in total. The maximum absolute atomic E-state index is 12.1. The molecule has 94 valence electrons. The van der Waals surface area contributed by atoms with Crippen molar-refractivity contribution < 1.29 is 14.3 Å². The Morgan fingerprint density at radius 2 is 2.06 bits per heavy atom. The van der Waals surface area contributed by atoms with Crippen molar-refractivity contribution in [1.82, 2.24) is 9.80 Å². The molecule has 1 unspecified atom stereocenters. The van der Waals surface area contributed by atoms with E-state index in [0.717, 1.165) is 13.1 Å². The van der Waals surface area contributed by atoms with E-state index in [1.807, 2.05) is 4.90 Å². The van der Waals surface area contributed by atoms with E-state index >= 15 is 0 Å². The predicted molar refractivity (Wildman–Crippen MR) is 59.2 cm³/mol. The SMILES string of the molecule is N#CCN1CCN(C(=O)C2COCCO2)CC1. The number of hydrogen-bond donors (Lipinski definition) is 0. The van der Waals surface area contributed by atoms with Gasteiger partial charge in [-0.3, -0.25) is 9.69 Å². The van der Waals surface area contributed by atoms with E-state index in [1.165, 1.54) is 0 Å². The Labute approximate surface area is 101 Å². The highest BCUT2D eigenvalue weighted by Crippen LogP contribution is 2.08. The third kappa shape index (κ3) is 3.16. The highest BCUT2D eigenvalue weighted by Gasteiger charge is 2.29. The van der Waals surface area contributed by atoms with E-state index in [1.54, 1.807) is 4.90 Å². The molecule has 0 aromatic heterocycles. The molecule has 0 N–H and O–H groups in total. The molecule has 2 rings (SSSR count). The molecule has 0 aliphatic carbocycles. The topological polar surface area (TPSA) is 65.8 Å². The Kier molecular flexibility index (Phi) is 4.31. The molecule has 0 bridgehead atoms. The highest BCUT2D eigenvalue weighted by atomic mass is 16.6. The average Bonchev–Trinajstić information content (AvgIpc) is 2.40. The lowest BCUT2D eigenvalue weighted by Crippen LogP contribution is -2.53. The second-order valence-corrected chi connectivity index (χ2v) is 4.19. The monoisotopic (exact) mass is 239 g/mol. The van der Waals surface area contributed by atoms with Crippen molar-refractivity contribution in [2.75, 3.05) is 52.5 Å². The first-order valence-corrected chi connectivity index (χ1v) is 5.88. The normalized spacial score (nSPS) is 26.5. The molecule has 0 radical (unpaired) electrons. The quantitative estimate of drug-likeness (QED) is 0.582. The number of carbonyl (C=O) groups excluding carboxylic acids is 1. The molecular weight excluding hydrogens is 222 g/mol. The minimum atomic E-state index is -0.439. The van der Waals surface area contributed by atoms with Gasteiger partial charge in [-0.25, -0.2) is 0 Å². The Balaban J connectivity index is 1.79. The Hall–Kier alpha value is -1.16.